The van der Waals surface area contributed by atoms with Crippen molar-refractivity contribution in [3.63, 3.8) is 0 Å². The van der Waals surface area contributed by atoms with Crippen molar-refractivity contribution in [1.29, 1.82) is 0 Å². The lowest BCUT2D eigenvalue weighted by Gasteiger charge is -2.35. The fourth-order valence-corrected chi connectivity index (χ4v) is 3.82. The largest absolute Gasteiger partial charge is 0.466 e. The van der Waals surface area contributed by atoms with Gasteiger partial charge in [0.05, 0.1) is 38.1 Å². The number of hydrogen-bond donors (Lipinski definition) is 1. The normalized spacial score (nSPS) is 17.7. The molecule has 1 aromatic heterocycles. The Morgan fingerprint density at radius 3 is 3.04 bits per heavy atom. The Labute approximate surface area is 164 Å². The number of fused-ring (bicyclic) bond motifs is 1. The first-order chi connectivity index (χ1) is 13.8. The number of aromatic amines is 1. The summed E-state index contributed by atoms with van der Waals surface area (Å²) < 4.78 is 10.7. The molecule has 4 rings (SSSR count). The van der Waals surface area contributed by atoms with E-state index in [0.717, 1.165) is 23.4 Å². The van der Waals surface area contributed by atoms with E-state index in [1.54, 1.807) is 0 Å². The van der Waals surface area contributed by atoms with Crippen LogP contribution >= 0.6 is 0 Å². The summed E-state index contributed by atoms with van der Waals surface area (Å²) in [5, 5.41) is 9.89. The number of H-pyrrole nitrogens is 1. The quantitative estimate of drug-likeness (QED) is 0.665. The van der Waals surface area contributed by atoms with E-state index in [1.165, 1.54) is 10.8 Å². The van der Waals surface area contributed by atoms with Gasteiger partial charge in [-0.05, 0) is 17.7 Å². The molecule has 0 amide bonds. The minimum Gasteiger partial charge on any atom is -0.466 e. The highest BCUT2D eigenvalue weighted by Crippen LogP contribution is 2.30. The summed E-state index contributed by atoms with van der Waals surface area (Å²) in [7, 11) is 0. The van der Waals surface area contributed by atoms with Crippen molar-refractivity contribution in [2.24, 2.45) is 0 Å². The number of hydrogen-bond acceptors (Lipinski definition) is 5. The van der Waals surface area contributed by atoms with Crippen LogP contribution in [0.4, 0.5) is 0 Å². The highest BCUT2D eigenvalue weighted by molar-refractivity contribution is 5.96. The van der Waals surface area contributed by atoms with Gasteiger partial charge in [-0.1, -0.05) is 42.5 Å². The molecule has 2 heterocycles. The molecule has 0 unspecified atom stereocenters. The highest BCUT2D eigenvalue weighted by atomic mass is 16.5. The van der Waals surface area contributed by atoms with E-state index < -0.39 is 0 Å². The van der Waals surface area contributed by atoms with Crippen molar-refractivity contribution in [1.82, 2.24) is 15.1 Å². The third kappa shape index (κ3) is 3.93. The first kappa shape index (κ1) is 18.7. The first-order valence-corrected chi connectivity index (χ1v) is 9.74. The Balaban J connectivity index is 1.59. The van der Waals surface area contributed by atoms with Gasteiger partial charge in [0.15, 0.2) is 0 Å². The van der Waals surface area contributed by atoms with Crippen molar-refractivity contribution < 1.29 is 14.3 Å². The van der Waals surface area contributed by atoms with E-state index >= 15 is 0 Å². The maximum absolute atomic E-state index is 12.0. The van der Waals surface area contributed by atoms with Crippen LogP contribution in [0.5, 0.6) is 0 Å². The maximum Gasteiger partial charge on any atom is 0.307 e. The Morgan fingerprint density at radius 2 is 2.14 bits per heavy atom. The van der Waals surface area contributed by atoms with E-state index in [0.29, 0.717) is 32.8 Å². The molecule has 2 aromatic carbocycles. The van der Waals surface area contributed by atoms with Crippen molar-refractivity contribution in [3.05, 3.63) is 54.2 Å². The van der Waals surface area contributed by atoms with Crippen LogP contribution in [-0.2, 0) is 20.8 Å². The number of benzene rings is 2. The van der Waals surface area contributed by atoms with Gasteiger partial charge in [0.1, 0.15) is 0 Å². The molecule has 3 aromatic rings. The van der Waals surface area contributed by atoms with Crippen molar-refractivity contribution in [3.8, 4) is 11.3 Å². The molecule has 1 fully saturated rings. The molecule has 0 spiro atoms. The molecule has 0 saturated carbocycles. The molecule has 6 heteroatoms. The number of nitrogens with zero attached hydrogens (tertiary/aromatic N) is 2. The lowest BCUT2D eigenvalue weighted by atomic mass is 9.99. The Morgan fingerprint density at radius 1 is 1.29 bits per heavy atom. The van der Waals surface area contributed by atoms with E-state index in [9.17, 15) is 4.79 Å². The van der Waals surface area contributed by atoms with Crippen molar-refractivity contribution in [2.75, 3.05) is 26.4 Å². The molecule has 28 heavy (non-hydrogen) atoms. The molecular formula is C22H25N3O3. The number of ether oxygens (including phenoxy) is 2. The van der Waals surface area contributed by atoms with Crippen LogP contribution < -0.4 is 0 Å². The van der Waals surface area contributed by atoms with E-state index in [1.807, 2.05) is 19.2 Å². The van der Waals surface area contributed by atoms with Crippen LogP contribution in [0.15, 0.2) is 48.7 Å². The number of carbonyl (C=O) groups excluding carboxylic acids is 1. The number of nitrogens with one attached hydrogen (secondary N) is 1. The van der Waals surface area contributed by atoms with E-state index in [-0.39, 0.29) is 12.0 Å². The molecule has 0 bridgehead atoms. The molecule has 1 N–H and O–H groups in total. The number of esters is 1. The van der Waals surface area contributed by atoms with Gasteiger partial charge >= 0.3 is 5.97 Å². The summed E-state index contributed by atoms with van der Waals surface area (Å²) in [6, 6.07) is 14.7. The van der Waals surface area contributed by atoms with Gasteiger partial charge in [-0.2, -0.15) is 5.10 Å². The zero-order chi connectivity index (χ0) is 19.3. The minimum absolute atomic E-state index is 0.0167. The van der Waals surface area contributed by atoms with Gasteiger partial charge in [0, 0.05) is 30.3 Å². The Kier molecular flexibility index (Phi) is 5.69. The van der Waals surface area contributed by atoms with Crippen LogP contribution in [0.25, 0.3) is 22.0 Å². The summed E-state index contributed by atoms with van der Waals surface area (Å²) in [6.07, 6.45) is 2.23. The molecule has 1 saturated heterocycles. The van der Waals surface area contributed by atoms with Gasteiger partial charge in [-0.25, -0.2) is 0 Å². The molecule has 1 aliphatic heterocycles. The predicted molar refractivity (Wildman–Crippen MR) is 108 cm³/mol. The SMILES string of the molecule is CCOC(=O)C[C@H]1COCCN1Cc1cn[nH]c1-c1cccc2ccccc12. The number of morpholine rings is 1. The summed E-state index contributed by atoms with van der Waals surface area (Å²) in [6.45, 7) is 4.93. The second-order valence-corrected chi connectivity index (χ2v) is 7.01. The maximum atomic E-state index is 12.0. The predicted octanol–water partition coefficient (Wildman–Crippen LogP) is 3.38. The second-order valence-electron chi connectivity index (χ2n) is 7.01. The fourth-order valence-electron chi connectivity index (χ4n) is 3.82. The zero-order valence-corrected chi connectivity index (χ0v) is 16.1. The van der Waals surface area contributed by atoms with Gasteiger partial charge in [-0.15, -0.1) is 0 Å². The summed E-state index contributed by atoms with van der Waals surface area (Å²) in [5.41, 5.74) is 3.28. The second kappa shape index (κ2) is 8.54. The molecule has 1 atom stereocenters. The topological polar surface area (TPSA) is 67.5 Å². The van der Waals surface area contributed by atoms with Crippen LogP contribution in [-0.4, -0.2) is 53.5 Å². The van der Waals surface area contributed by atoms with Gasteiger partial charge in [0.2, 0.25) is 0 Å². The molecule has 0 radical (unpaired) electrons. The highest BCUT2D eigenvalue weighted by Gasteiger charge is 2.27. The van der Waals surface area contributed by atoms with E-state index in [2.05, 4.69) is 51.5 Å². The number of rotatable bonds is 6. The summed E-state index contributed by atoms with van der Waals surface area (Å²) >= 11 is 0. The molecule has 0 aliphatic carbocycles. The smallest absolute Gasteiger partial charge is 0.307 e. The Bertz CT molecular complexity index is 948. The average molecular weight is 379 g/mol. The summed E-state index contributed by atoms with van der Waals surface area (Å²) in [4.78, 5) is 14.3. The van der Waals surface area contributed by atoms with Crippen LogP contribution in [0, 0.1) is 0 Å². The van der Waals surface area contributed by atoms with Crippen LogP contribution in [0.2, 0.25) is 0 Å². The molecule has 6 nitrogen and oxygen atoms in total. The first-order valence-electron chi connectivity index (χ1n) is 9.74. The fraction of sp³-hybridized carbons (Fsp3) is 0.364. The van der Waals surface area contributed by atoms with E-state index in [4.69, 9.17) is 9.47 Å². The number of carbonyl (C=O) groups is 1. The number of aromatic nitrogens is 2. The van der Waals surface area contributed by atoms with Crippen LogP contribution in [0.3, 0.4) is 0 Å². The molecule has 1 aliphatic rings. The molecule has 146 valence electrons. The zero-order valence-electron chi connectivity index (χ0n) is 16.1. The molecular weight excluding hydrogens is 354 g/mol. The minimum atomic E-state index is -0.176. The van der Waals surface area contributed by atoms with Crippen molar-refractivity contribution in [2.45, 2.75) is 25.9 Å². The van der Waals surface area contributed by atoms with Crippen LogP contribution in [0.1, 0.15) is 18.9 Å². The van der Waals surface area contributed by atoms with Crippen molar-refractivity contribution >= 4 is 16.7 Å². The average Bonchev–Trinajstić information content (AvgIpc) is 3.17. The third-order valence-corrected chi connectivity index (χ3v) is 5.21. The lowest BCUT2D eigenvalue weighted by molar-refractivity contribution is -0.146. The van der Waals surface area contributed by atoms with Gasteiger partial charge < -0.3 is 9.47 Å². The lowest BCUT2D eigenvalue weighted by Crippen LogP contribution is -2.46. The van der Waals surface area contributed by atoms with Gasteiger partial charge in [-0.3, -0.25) is 14.8 Å². The summed E-state index contributed by atoms with van der Waals surface area (Å²) in [5.74, 6) is -0.176. The Hall–Kier alpha value is -2.70. The monoisotopic (exact) mass is 379 g/mol. The third-order valence-electron chi connectivity index (χ3n) is 5.21. The van der Waals surface area contributed by atoms with Gasteiger partial charge in [0.25, 0.3) is 0 Å². The standard InChI is InChI=1S/C22H25N3O3/c1-2-28-21(26)12-18-15-27-11-10-25(18)14-17-13-23-24-22(17)20-9-5-7-16-6-3-4-8-19(16)20/h3-9,13,18H,2,10-12,14-15H2,1H3,(H,23,24)/t18-/m0/s1.